The molecule has 0 aromatic heterocycles. The molecule has 15 heteroatoms. The molecule has 0 fully saturated rings. The van der Waals surface area contributed by atoms with E-state index in [0.29, 0.717) is 25.8 Å². The van der Waals surface area contributed by atoms with Gasteiger partial charge in [-0.3, -0.25) is 34.1 Å². The van der Waals surface area contributed by atoms with Crippen molar-refractivity contribution in [1.82, 2.24) is 21.3 Å². The zero-order chi connectivity index (χ0) is 28.9. The van der Waals surface area contributed by atoms with E-state index >= 15 is 0 Å². The smallest absolute Gasteiger partial charge is 0.322 e. The SMILES string of the molecule is CCC[C@@H]1NC(=O)c2cc([N+](=O)[O-])ccc2OCCC(C(=O)NCC(=O)O)NC(=O)[C@H](CCCCN)NC1=O. The Morgan fingerprint density at radius 1 is 1.13 bits per heavy atom. The first kappa shape index (κ1) is 31.0. The summed E-state index contributed by atoms with van der Waals surface area (Å²) in [5.41, 5.74) is 4.99. The minimum atomic E-state index is -1.29. The van der Waals surface area contributed by atoms with Crippen molar-refractivity contribution < 1.29 is 38.7 Å². The number of non-ortho nitro benzene ring substituents is 1. The van der Waals surface area contributed by atoms with Crippen molar-refractivity contribution in [3.05, 3.63) is 33.9 Å². The van der Waals surface area contributed by atoms with Gasteiger partial charge in [0.15, 0.2) is 0 Å². The maximum absolute atomic E-state index is 13.2. The average molecular weight is 551 g/mol. The molecule has 0 bridgehead atoms. The highest BCUT2D eigenvalue weighted by Crippen LogP contribution is 2.25. The number of ether oxygens (including phenoxy) is 1. The maximum atomic E-state index is 13.2. The first-order valence-corrected chi connectivity index (χ1v) is 12.6. The van der Waals surface area contributed by atoms with Crippen LogP contribution < -0.4 is 31.7 Å². The minimum Gasteiger partial charge on any atom is -0.493 e. The van der Waals surface area contributed by atoms with Crippen molar-refractivity contribution in [1.29, 1.82) is 0 Å². The predicted octanol–water partition coefficient (Wildman–Crippen LogP) is -0.425. The number of aliphatic carboxylic acids is 1. The lowest BCUT2D eigenvalue weighted by atomic mass is 10.0. The lowest BCUT2D eigenvalue weighted by Gasteiger charge is -2.26. The number of benzene rings is 1. The molecule has 15 nitrogen and oxygen atoms in total. The zero-order valence-electron chi connectivity index (χ0n) is 21.6. The number of hydrogen-bond acceptors (Lipinski definition) is 9. The molecular formula is C24H34N6O9. The van der Waals surface area contributed by atoms with Gasteiger partial charge in [-0.15, -0.1) is 0 Å². The molecule has 4 amide bonds. The van der Waals surface area contributed by atoms with E-state index in [4.69, 9.17) is 15.6 Å². The van der Waals surface area contributed by atoms with Crippen molar-refractivity contribution in [2.75, 3.05) is 19.7 Å². The number of nitrogens with two attached hydrogens (primary N) is 1. The molecular weight excluding hydrogens is 516 g/mol. The van der Waals surface area contributed by atoms with Gasteiger partial charge in [-0.05, 0) is 38.3 Å². The van der Waals surface area contributed by atoms with E-state index in [2.05, 4.69) is 21.3 Å². The standard InChI is InChI=1S/C24H34N6O9/c1-2-5-16-23(35)28-17(6-3-4-10-25)24(36)29-18(22(34)26-13-20(31)32)9-11-39-19-8-7-14(30(37)38)12-15(19)21(33)27-16/h7-8,12,16-18H,2-6,9-11,13,25H2,1H3,(H,26,34)(H,27,33)(H,28,35)(H,29,36)(H,31,32)/t16-,17-,18?/m0/s1. The number of amides is 4. The summed E-state index contributed by atoms with van der Waals surface area (Å²) in [6, 6.07) is -0.0126. The Labute approximate surface area is 224 Å². The van der Waals surface area contributed by atoms with Crippen LogP contribution in [0.5, 0.6) is 5.75 Å². The molecule has 2 rings (SSSR count). The number of nitrogens with zero attached hydrogens (tertiary/aromatic N) is 1. The lowest BCUT2D eigenvalue weighted by Crippen LogP contribution is -2.57. The van der Waals surface area contributed by atoms with Crippen molar-refractivity contribution in [3.8, 4) is 5.75 Å². The molecule has 1 aromatic carbocycles. The molecule has 39 heavy (non-hydrogen) atoms. The number of carboxylic acids is 1. The second-order valence-electron chi connectivity index (χ2n) is 8.91. The highest BCUT2D eigenvalue weighted by Gasteiger charge is 2.31. The summed E-state index contributed by atoms with van der Waals surface area (Å²) >= 11 is 0. The van der Waals surface area contributed by atoms with E-state index in [1.807, 2.05) is 0 Å². The average Bonchev–Trinajstić information content (AvgIpc) is 2.89. The van der Waals surface area contributed by atoms with Gasteiger partial charge in [0.1, 0.15) is 30.4 Å². The van der Waals surface area contributed by atoms with Crippen LogP contribution in [0, 0.1) is 10.1 Å². The number of fused-ring (bicyclic) bond motifs is 1. The first-order chi connectivity index (χ1) is 18.6. The van der Waals surface area contributed by atoms with Crippen LogP contribution >= 0.6 is 0 Å². The van der Waals surface area contributed by atoms with Crippen LogP contribution in [-0.2, 0) is 19.2 Å². The van der Waals surface area contributed by atoms with Crippen LogP contribution in [0.15, 0.2) is 18.2 Å². The zero-order valence-corrected chi connectivity index (χ0v) is 21.6. The molecule has 1 aliphatic heterocycles. The largest absolute Gasteiger partial charge is 0.493 e. The Hall–Kier alpha value is -4.27. The van der Waals surface area contributed by atoms with Crippen LogP contribution in [0.2, 0.25) is 0 Å². The van der Waals surface area contributed by atoms with Gasteiger partial charge in [-0.25, -0.2) is 0 Å². The Morgan fingerprint density at radius 2 is 1.82 bits per heavy atom. The molecule has 0 spiro atoms. The Morgan fingerprint density at radius 3 is 2.46 bits per heavy atom. The van der Waals surface area contributed by atoms with Gasteiger partial charge in [0, 0.05) is 18.6 Å². The van der Waals surface area contributed by atoms with Gasteiger partial charge in [-0.2, -0.15) is 0 Å². The molecule has 0 aliphatic carbocycles. The van der Waals surface area contributed by atoms with E-state index in [9.17, 15) is 34.1 Å². The normalized spacial score (nSPS) is 20.3. The summed E-state index contributed by atoms with van der Waals surface area (Å²) < 4.78 is 5.66. The van der Waals surface area contributed by atoms with Crippen molar-refractivity contribution in [2.45, 2.75) is 63.6 Å². The second-order valence-corrected chi connectivity index (χ2v) is 8.91. The Balaban J connectivity index is 2.47. The molecule has 1 heterocycles. The third kappa shape index (κ3) is 9.52. The van der Waals surface area contributed by atoms with Gasteiger partial charge in [0.2, 0.25) is 17.7 Å². The topological polar surface area (TPSA) is 232 Å². The number of hydrogen-bond donors (Lipinski definition) is 6. The third-order valence-electron chi connectivity index (χ3n) is 5.91. The van der Waals surface area contributed by atoms with Gasteiger partial charge in [0.05, 0.1) is 17.1 Å². The Kier molecular flexibility index (Phi) is 12.1. The number of nitro groups is 1. The minimum absolute atomic E-state index is 0.0403. The molecule has 3 atom stereocenters. The number of carbonyl (C=O) groups excluding carboxylic acids is 4. The molecule has 1 aliphatic rings. The molecule has 0 saturated carbocycles. The van der Waals surface area contributed by atoms with Crippen LogP contribution in [0.25, 0.3) is 0 Å². The lowest BCUT2D eigenvalue weighted by molar-refractivity contribution is -0.384. The van der Waals surface area contributed by atoms with Crippen LogP contribution in [-0.4, -0.2) is 77.4 Å². The molecule has 0 saturated heterocycles. The van der Waals surface area contributed by atoms with Crippen LogP contribution in [0.4, 0.5) is 5.69 Å². The maximum Gasteiger partial charge on any atom is 0.322 e. The monoisotopic (exact) mass is 550 g/mol. The van der Waals surface area contributed by atoms with Gasteiger partial charge in [-0.1, -0.05) is 13.3 Å². The predicted molar refractivity (Wildman–Crippen MR) is 137 cm³/mol. The van der Waals surface area contributed by atoms with E-state index in [0.717, 1.165) is 12.1 Å². The molecule has 7 N–H and O–H groups in total. The highest BCUT2D eigenvalue weighted by molar-refractivity contribution is 6.01. The van der Waals surface area contributed by atoms with E-state index in [1.54, 1.807) is 6.92 Å². The number of nitrogens with one attached hydrogen (secondary N) is 4. The Bertz CT molecular complexity index is 1080. The molecule has 214 valence electrons. The van der Waals surface area contributed by atoms with E-state index in [1.165, 1.54) is 6.07 Å². The van der Waals surface area contributed by atoms with Gasteiger partial charge < -0.3 is 36.8 Å². The van der Waals surface area contributed by atoms with Crippen molar-refractivity contribution >= 4 is 35.3 Å². The highest BCUT2D eigenvalue weighted by atomic mass is 16.6. The van der Waals surface area contributed by atoms with Crippen LogP contribution in [0.3, 0.4) is 0 Å². The fraction of sp³-hybridized carbons (Fsp3) is 0.542. The van der Waals surface area contributed by atoms with Gasteiger partial charge in [0.25, 0.3) is 11.6 Å². The molecule has 1 aromatic rings. The number of rotatable bonds is 10. The van der Waals surface area contributed by atoms with Gasteiger partial charge >= 0.3 is 5.97 Å². The van der Waals surface area contributed by atoms with Crippen molar-refractivity contribution in [3.63, 3.8) is 0 Å². The van der Waals surface area contributed by atoms with E-state index < -0.39 is 59.2 Å². The summed E-state index contributed by atoms with van der Waals surface area (Å²) in [6.45, 7) is 1.25. The summed E-state index contributed by atoms with van der Waals surface area (Å²) in [7, 11) is 0. The fourth-order valence-electron chi connectivity index (χ4n) is 3.88. The number of unbranched alkanes of at least 4 members (excludes halogenated alkanes) is 1. The number of carbonyl (C=O) groups is 5. The van der Waals surface area contributed by atoms with E-state index in [-0.39, 0.29) is 42.9 Å². The quantitative estimate of drug-likeness (QED) is 0.125. The number of carboxylic acid groups (broad SMARTS) is 1. The summed E-state index contributed by atoms with van der Waals surface area (Å²) in [5.74, 6) is -4.25. The first-order valence-electron chi connectivity index (χ1n) is 12.6. The van der Waals surface area contributed by atoms with Crippen LogP contribution in [0.1, 0.15) is 55.8 Å². The van der Waals surface area contributed by atoms with Crippen molar-refractivity contribution in [2.24, 2.45) is 5.73 Å². The molecule has 1 unspecified atom stereocenters. The second kappa shape index (κ2) is 15.2. The number of nitro benzene ring substituents is 1. The third-order valence-corrected chi connectivity index (χ3v) is 5.91. The summed E-state index contributed by atoms with van der Waals surface area (Å²) in [5, 5.41) is 30.2. The molecule has 0 radical (unpaired) electrons. The summed E-state index contributed by atoms with van der Waals surface area (Å²) in [4.78, 5) is 73.7. The summed E-state index contributed by atoms with van der Waals surface area (Å²) in [6.07, 6.45) is 1.80. The fourth-order valence-corrected chi connectivity index (χ4v) is 3.88.